The first-order valence-electron chi connectivity index (χ1n) is 6.86. The summed E-state index contributed by atoms with van der Waals surface area (Å²) >= 11 is 0. The average molecular weight is 243 g/mol. The third-order valence-corrected chi connectivity index (χ3v) is 3.80. The van der Waals surface area contributed by atoms with Crippen molar-refractivity contribution in [2.45, 2.75) is 50.9 Å². The lowest BCUT2D eigenvalue weighted by Crippen LogP contribution is -2.33. The molecule has 2 atom stereocenters. The van der Waals surface area contributed by atoms with Crippen LogP contribution in [0.15, 0.2) is 0 Å². The molecule has 0 spiro atoms. The van der Waals surface area contributed by atoms with Crippen molar-refractivity contribution in [1.29, 1.82) is 0 Å². The second-order valence-electron chi connectivity index (χ2n) is 5.18. The first-order valence-corrected chi connectivity index (χ1v) is 6.86. The Morgan fingerprint density at radius 3 is 2.35 bits per heavy atom. The minimum absolute atomic E-state index is 0.130. The Hall–Kier alpha value is -0.160. The predicted molar refractivity (Wildman–Crippen MR) is 65.9 cm³/mol. The summed E-state index contributed by atoms with van der Waals surface area (Å²) in [5.41, 5.74) is 5.90. The number of hydrogen-bond acceptors (Lipinski definition) is 4. The molecular weight excluding hydrogens is 218 g/mol. The first-order chi connectivity index (χ1) is 8.29. The normalized spacial score (nSPS) is 38.5. The van der Waals surface area contributed by atoms with Gasteiger partial charge in [0.2, 0.25) is 0 Å². The molecule has 0 aromatic rings. The summed E-state index contributed by atoms with van der Waals surface area (Å²) in [7, 11) is 0. The third-order valence-electron chi connectivity index (χ3n) is 3.80. The molecule has 0 bridgehead atoms. The zero-order valence-electron chi connectivity index (χ0n) is 10.8. The van der Waals surface area contributed by atoms with Gasteiger partial charge in [0.25, 0.3) is 0 Å². The zero-order chi connectivity index (χ0) is 12.1. The lowest BCUT2D eigenvalue weighted by molar-refractivity contribution is -0.0558. The molecule has 1 heterocycles. The number of nitrogens with two attached hydrogens (primary N) is 1. The van der Waals surface area contributed by atoms with E-state index in [0.29, 0.717) is 25.2 Å². The van der Waals surface area contributed by atoms with Crippen LogP contribution in [0, 0.1) is 5.92 Å². The maximum atomic E-state index is 5.95. The molecule has 1 aliphatic heterocycles. The number of ether oxygens (including phenoxy) is 3. The molecule has 1 aliphatic carbocycles. The molecule has 0 aromatic heterocycles. The topological polar surface area (TPSA) is 53.7 Å². The lowest BCUT2D eigenvalue weighted by atomic mass is 9.87. The van der Waals surface area contributed by atoms with Gasteiger partial charge in [0, 0.05) is 12.6 Å². The Labute approximate surface area is 104 Å². The Morgan fingerprint density at radius 1 is 1.06 bits per heavy atom. The van der Waals surface area contributed by atoms with Gasteiger partial charge in [0.15, 0.2) is 0 Å². The second kappa shape index (κ2) is 6.69. The quantitative estimate of drug-likeness (QED) is 0.791. The van der Waals surface area contributed by atoms with Gasteiger partial charge in [0.05, 0.1) is 19.8 Å². The number of hydrogen-bond donors (Lipinski definition) is 1. The van der Waals surface area contributed by atoms with Crippen LogP contribution in [-0.2, 0) is 14.2 Å². The largest absolute Gasteiger partial charge is 0.376 e. The minimum atomic E-state index is 0.130. The molecule has 17 heavy (non-hydrogen) atoms. The fourth-order valence-electron chi connectivity index (χ4n) is 2.65. The average Bonchev–Trinajstić information content (AvgIpc) is 2.77. The molecule has 1 saturated heterocycles. The monoisotopic (exact) mass is 243 g/mol. The van der Waals surface area contributed by atoms with Crippen LogP contribution < -0.4 is 5.73 Å². The fraction of sp³-hybridized carbons (Fsp3) is 1.00. The van der Waals surface area contributed by atoms with Gasteiger partial charge < -0.3 is 19.9 Å². The van der Waals surface area contributed by atoms with Gasteiger partial charge in [-0.15, -0.1) is 0 Å². The Kier molecular flexibility index (Phi) is 5.22. The highest BCUT2D eigenvalue weighted by atomic mass is 16.6. The minimum Gasteiger partial charge on any atom is -0.376 e. The van der Waals surface area contributed by atoms with Crippen LogP contribution in [0.4, 0.5) is 0 Å². The van der Waals surface area contributed by atoms with E-state index in [2.05, 4.69) is 0 Å². The Morgan fingerprint density at radius 2 is 1.71 bits per heavy atom. The van der Waals surface area contributed by atoms with E-state index in [4.69, 9.17) is 19.9 Å². The van der Waals surface area contributed by atoms with Crippen molar-refractivity contribution in [3.63, 3.8) is 0 Å². The fourth-order valence-corrected chi connectivity index (χ4v) is 2.65. The summed E-state index contributed by atoms with van der Waals surface area (Å²) < 4.78 is 17.0. The van der Waals surface area contributed by atoms with Gasteiger partial charge in [-0.25, -0.2) is 0 Å². The van der Waals surface area contributed by atoms with E-state index >= 15 is 0 Å². The van der Waals surface area contributed by atoms with Crippen molar-refractivity contribution < 1.29 is 14.2 Å². The highest BCUT2D eigenvalue weighted by Crippen LogP contribution is 2.24. The van der Waals surface area contributed by atoms with Crippen LogP contribution in [0.2, 0.25) is 0 Å². The van der Waals surface area contributed by atoms with E-state index < -0.39 is 0 Å². The van der Waals surface area contributed by atoms with Gasteiger partial charge in [-0.2, -0.15) is 0 Å². The van der Waals surface area contributed by atoms with Crippen molar-refractivity contribution in [2.24, 2.45) is 11.7 Å². The van der Waals surface area contributed by atoms with Crippen LogP contribution in [-0.4, -0.2) is 44.7 Å². The molecule has 1 saturated carbocycles. The molecule has 4 nitrogen and oxygen atoms in total. The molecule has 100 valence electrons. The maximum Gasteiger partial charge on any atom is 0.109 e. The van der Waals surface area contributed by atoms with Crippen molar-refractivity contribution >= 4 is 0 Å². The van der Waals surface area contributed by atoms with Crippen molar-refractivity contribution in [3.05, 3.63) is 0 Å². The van der Waals surface area contributed by atoms with Crippen LogP contribution in [0.3, 0.4) is 0 Å². The van der Waals surface area contributed by atoms with Gasteiger partial charge >= 0.3 is 0 Å². The Bertz CT molecular complexity index is 217. The highest BCUT2D eigenvalue weighted by molar-refractivity contribution is 4.78. The standard InChI is InChI=1S/C13H25NO3/c1-2-16-12-8-15-9-13(12)17-7-10-3-5-11(14)6-4-10/h10-13H,2-9,14H2,1H3/t10?,11?,12-,13?/m0/s1. The molecule has 0 aromatic carbocycles. The summed E-state index contributed by atoms with van der Waals surface area (Å²) in [5.74, 6) is 0.678. The van der Waals surface area contributed by atoms with E-state index in [1.54, 1.807) is 0 Å². The van der Waals surface area contributed by atoms with Gasteiger partial charge in [-0.05, 0) is 38.5 Å². The van der Waals surface area contributed by atoms with Crippen LogP contribution in [0.25, 0.3) is 0 Å². The molecule has 4 heteroatoms. The van der Waals surface area contributed by atoms with E-state index in [-0.39, 0.29) is 12.2 Å². The molecular formula is C13H25NO3. The highest BCUT2D eigenvalue weighted by Gasteiger charge is 2.30. The summed E-state index contributed by atoms with van der Waals surface area (Å²) in [4.78, 5) is 0. The van der Waals surface area contributed by atoms with Crippen molar-refractivity contribution in [1.82, 2.24) is 0 Å². The van der Waals surface area contributed by atoms with Gasteiger partial charge in [-0.3, -0.25) is 0 Å². The van der Waals surface area contributed by atoms with E-state index in [0.717, 1.165) is 26.1 Å². The van der Waals surface area contributed by atoms with Crippen molar-refractivity contribution in [2.75, 3.05) is 26.4 Å². The molecule has 2 aliphatic rings. The van der Waals surface area contributed by atoms with Gasteiger partial charge in [-0.1, -0.05) is 0 Å². The summed E-state index contributed by atoms with van der Waals surface area (Å²) in [6.07, 6.45) is 4.95. The van der Waals surface area contributed by atoms with E-state index in [1.807, 2.05) is 6.92 Å². The van der Waals surface area contributed by atoms with E-state index in [9.17, 15) is 0 Å². The van der Waals surface area contributed by atoms with Crippen molar-refractivity contribution in [3.8, 4) is 0 Å². The smallest absolute Gasteiger partial charge is 0.109 e. The van der Waals surface area contributed by atoms with Crippen LogP contribution >= 0.6 is 0 Å². The second-order valence-corrected chi connectivity index (χ2v) is 5.18. The molecule has 0 amide bonds. The van der Waals surface area contributed by atoms with Crippen LogP contribution in [0.1, 0.15) is 32.6 Å². The zero-order valence-corrected chi connectivity index (χ0v) is 10.8. The number of rotatable bonds is 5. The molecule has 2 fully saturated rings. The summed E-state index contributed by atoms with van der Waals surface area (Å²) in [6, 6.07) is 0.414. The molecule has 2 rings (SSSR count). The van der Waals surface area contributed by atoms with E-state index in [1.165, 1.54) is 12.8 Å². The van der Waals surface area contributed by atoms with Crippen LogP contribution in [0.5, 0.6) is 0 Å². The Balaban J connectivity index is 1.67. The predicted octanol–water partition coefficient (Wildman–Crippen LogP) is 1.32. The van der Waals surface area contributed by atoms with Gasteiger partial charge in [0.1, 0.15) is 12.2 Å². The molecule has 0 radical (unpaired) electrons. The molecule has 1 unspecified atom stereocenters. The third kappa shape index (κ3) is 3.91. The summed E-state index contributed by atoms with van der Waals surface area (Å²) in [5, 5.41) is 0. The first kappa shape index (κ1) is 13.3. The maximum absolute atomic E-state index is 5.95. The molecule has 2 N–H and O–H groups in total. The SMILES string of the molecule is CCO[C@H]1COCC1OCC1CCC(N)CC1. The lowest BCUT2D eigenvalue weighted by Gasteiger charge is -2.27. The summed E-state index contributed by atoms with van der Waals surface area (Å²) in [6.45, 7) is 4.93.